The Morgan fingerprint density at radius 2 is 1.78 bits per heavy atom. The van der Waals surface area contributed by atoms with Gasteiger partial charge in [0.1, 0.15) is 5.82 Å². The van der Waals surface area contributed by atoms with Crippen LogP contribution in [0.4, 0.5) is 5.69 Å². The second-order valence-electron chi connectivity index (χ2n) is 6.21. The number of carbonyl (C=O) groups excluding carboxylic acids is 1. The van der Waals surface area contributed by atoms with Crippen LogP contribution >= 0.6 is 0 Å². The van der Waals surface area contributed by atoms with E-state index in [0.29, 0.717) is 5.82 Å². The Hall–Kier alpha value is -3.73. The van der Waals surface area contributed by atoms with Gasteiger partial charge < -0.3 is 5.32 Å². The molecule has 0 aliphatic carbocycles. The number of amides is 1. The summed E-state index contributed by atoms with van der Waals surface area (Å²) in [4.78, 5) is 16.5. The molecule has 0 spiro atoms. The van der Waals surface area contributed by atoms with Crippen LogP contribution in [0.1, 0.15) is 11.4 Å². The van der Waals surface area contributed by atoms with E-state index < -0.39 is 0 Å². The molecule has 0 aliphatic heterocycles. The third-order valence-corrected chi connectivity index (χ3v) is 4.25. The Morgan fingerprint density at radius 1 is 1.00 bits per heavy atom. The van der Waals surface area contributed by atoms with Gasteiger partial charge in [0.2, 0.25) is 5.91 Å². The number of nitrogens with zero attached hydrogens (tertiary/aromatic N) is 2. The maximum Gasteiger partial charge on any atom is 0.248 e. The summed E-state index contributed by atoms with van der Waals surface area (Å²) in [6.07, 6.45) is 3.39. The number of aryl methyl sites for hydroxylation is 1. The van der Waals surface area contributed by atoms with Gasteiger partial charge in [0.05, 0.1) is 0 Å². The summed E-state index contributed by atoms with van der Waals surface area (Å²) in [6, 6.07) is 21.6. The van der Waals surface area contributed by atoms with E-state index in [1.807, 2.05) is 61.5 Å². The van der Waals surface area contributed by atoms with Crippen LogP contribution in [0.15, 0.2) is 72.8 Å². The Morgan fingerprint density at radius 3 is 2.56 bits per heavy atom. The molecular weight excluding hydrogens is 336 g/mol. The number of benzene rings is 3. The van der Waals surface area contributed by atoms with E-state index in [0.717, 1.165) is 33.4 Å². The number of nitrogens with one attached hydrogen (secondary N) is 2. The SMILES string of the molecule is Cc1nc(-c2ccc(NC(=O)/C=C/c3cccc4ccccc34)cc2)n[nH]1. The van der Waals surface area contributed by atoms with Crippen LogP contribution in [-0.2, 0) is 4.79 Å². The van der Waals surface area contributed by atoms with E-state index in [1.54, 1.807) is 6.08 Å². The zero-order chi connectivity index (χ0) is 18.6. The molecule has 1 aromatic heterocycles. The first-order valence-electron chi connectivity index (χ1n) is 8.65. The second-order valence-corrected chi connectivity index (χ2v) is 6.21. The molecule has 1 amide bonds. The molecule has 4 aromatic rings. The maximum absolute atomic E-state index is 12.3. The summed E-state index contributed by atoms with van der Waals surface area (Å²) in [5, 5.41) is 12.1. The topological polar surface area (TPSA) is 70.7 Å². The number of hydrogen-bond donors (Lipinski definition) is 2. The molecule has 0 radical (unpaired) electrons. The predicted octanol–water partition coefficient (Wildman–Crippen LogP) is 4.59. The molecule has 5 nitrogen and oxygen atoms in total. The van der Waals surface area contributed by atoms with Crippen LogP contribution in [-0.4, -0.2) is 21.1 Å². The van der Waals surface area contributed by atoms with Crippen molar-refractivity contribution in [2.24, 2.45) is 0 Å². The lowest BCUT2D eigenvalue weighted by Gasteiger charge is -2.04. The quantitative estimate of drug-likeness (QED) is 0.527. The first-order valence-corrected chi connectivity index (χ1v) is 8.65. The Kier molecular flexibility index (Phi) is 4.49. The minimum absolute atomic E-state index is 0.176. The summed E-state index contributed by atoms with van der Waals surface area (Å²) in [7, 11) is 0. The van der Waals surface area contributed by atoms with Gasteiger partial charge in [-0.3, -0.25) is 9.89 Å². The number of anilines is 1. The van der Waals surface area contributed by atoms with E-state index in [9.17, 15) is 4.79 Å². The minimum Gasteiger partial charge on any atom is -0.323 e. The summed E-state index contributed by atoms with van der Waals surface area (Å²) in [5.41, 5.74) is 2.63. The fourth-order valence-electron chi connectivity index (χ4n) is 2.92. The monoisotopic (exact) mass is 354 g/mol. The highest BCUT2D eigenvalue weighted by atomic mass is 16.1. The first kappa shape index (κ1) is 16.7. The molecule has 1 heterocycles. The van der Waals surface area contributed by atoms with Gasteiger partial charge in [0.25, 0.3) is 0 Å². The fraction of sp³-hybridized carbons (Fsp3) is 0.0455. The average molecular weight is 354 g/mol. The van der Waals surface area contributed by atoms with Gasteiger partial charge in [0.15, 0.2) is 5.82 Å². The lowest BCUT2D eigenvalue weighted by molar-refractivity contribution is -0.111. The third-order valence-electron chi connectivity index (χ3n) is 4.25. The lowest BCUT2D eigenvalue weighted by Crippen LogP contribution is -2.07. The van der Waals surface area contributed by atoms with Crippen LogP contribution in [0.2, 0.25) is 0 Å². The molecule has 0 saturated heterocycles. The van der Waals surface area contributed by atoms with Gasteiger partial charge >= 0.3 is 0 Å². The lowest BCUT2D eigenvalue weighted by atomic mass is 10.0. The smallest absolute Gasteiger partial charge is 0.248 e. The molecule has 0 atom stereocenters. The Bertz CT molecular complexity index is 1120. The zero-order valence-corrected chi connectivity index (χ0v) is 14.8. The standard InChI is InChI=1S/C22H18N4O/c1-15-23-22(26-25-15)18-9-12-19(13-10-18)24-21(27)14-11-17-7-4-6-16-5-2-3-8-20(16)17/h2-14H,1H3,(H,24,27)(H,23,25,26)/b14-11+. The molecule has 3 aromatic carbocycles. The van der Waals surface area contributed by atoms with Crippen LogP contribution in [0, 0.1) is 6.92 Å². The average Bonchev–Trinajstić information content (AvgIpc) is 3.13. The van der Waals surface area contributed by atoms with E-state index in [4.69, 9.17) is 0 Å². The van der Waals surface area contributed by atoms with E-state index in [1.165, 1.54) is 0 Å². The van der Waals surface area contributed by atoms with Gasteiger partial charge in [-0.1, -0.05) is 42.5 Å². The molecular formula is C22H18N4O. The van der Waals surface area contributed by atoms with Crippen molar-refractivity contribution in [1.82, 2.24) is 15.2 Å². The molecule has 0 saturated carbocycles. The predicted molar refractivity (Wildman–Crippen MR) is 108 cm³/mol. The number of H-pyrrole nitrogens is 1. The van der Waals surface area contributed by atoms with Crippen molar-refractivity contribution in [1.29, 1.82) is 0 Å². The normalized spacial score (nSPS) is 11.1. The molecule has 0 unspecified atom stereocenters. The largest absolute Gasteiger partial charge is 0.323 e. The van der Waals surface area contributed by atoms with E-state index in [2.05, 4.69) is 38.7 Å². The summed E-state index contributed by atoms with van der Waals surface area (Å²) < 4.78 is 0. The highest BCUT2D eigenvalue weighted by Crippen LogP contribution is 2.20. The number of aromatic nitrogens is 3. The number of hydrogen-bond acceptors (Lipinski definition) is 3. The molecule has 0 fully saturated rings. The number of rotatable bonds is 4. The fourth-order valence-corrected chi connectivity index (χ4v) is 2.92. The summed E-state index contributed by atoms with van der Waals surface area (Å²) >= 11 is 0. The van der Waals surface area contributed by atoms with Crippen LogP contribution in [0.5, 0.6) is 0 Å². The molecule has 4 rings (SSSR count). The Labute approximate surface area is 156 Å². The molecule has 5 heteroatoms. The number of carbonyl (C=O) groups is 1. The van der Waals surface area contributed by atoms with Gasteiger partial charge in [-0.15, -0.1) is 0 Å². The van der Waals surface area contributed by atoms with Gasteiger partial charge in [-0.05, 0) is 53.6 Å². The Balaban J connectivity index is 1.46. The third kappa shape index (κ3) is 3.77. The van der Waals surface area contributed by atoms with Crippen molar-refractivity contribution >= 4 is 28.4 Å². The maximum atomic E-state index is 12.3. The van der Waals surface area contributed by atoms with Gasteiger partial charge in [-0.25, -0.2) is 4.98 Å². The molecule has 27 heavy (non-hydrogen) atoms. The highest BCUT2D eigenvalue weighted by Gasteiger charge is 2.04. The number of fused-ring (bicyclic) bond motifs is 1. The van der Waals surface area contributed by atoms with Crippen molar-refractivity contribution in [2.45, 2.75) is 6.92 Å². The van der Waals surface area contributed by atoms with Crippen LogP contribution in [0.25, 0.3) is 28.2 Å². The van der Waals surface area contributed by atoms with Crippen molar-refractivity contribution in [3.8, 4) is 11.4 Å². The van der Waals surface area contributed by atoms with Crippen LogP contribution in [0.3, 0.4) is 0 Å². The summed E-state index contributed by atoms with van der Waals surface area (Å²) in [5.74, 6) is 1.23. The molecule has 132 valence electrons. The molecule has 0 aliphatic rings. The van der Waals surface area contributed by atoms with Crippen LogP contribution < -0.4 is 5.32 Å². The summed E-state index contributed by atoms with van der Waals surface area (Å²) in [6.45, 7) is 1.85. The van der Waals surface area contributed by atoms with Crippen molar-refractivity contribution in [3.63, 3.8) is 0 Å². The van der Waals surface area contributed by atoms with Crippen molar-refractivity contribution in [3.05, 3.63) is 84.2 Å². The van der Waals surface area contributed by atoms with Crippen molar-refractivity contribution < 1.29 is 4.79 Å². The van der Waals surface area contributed by atoms with Crippen molar-refractivity contribution in [2.75, 3.05) is 5.32 Å². The van der Waals surface area contributed by atoms with Gasteiger partial charge in [0, 0.05) is 17.3 Å². The van der Waals surface area contributed by atoms with E-state index in [-0.39, 0.29) is 5.91 Å². The molecule has 2 N–H and O–H groups in total. The highest BCUT2D eigenvalue weighted by molar-refractivity contribution is 6.03. The molecule has 0 bridgehead atoms. The first-order chi connectivity index (χ1) is 13.2. The van der Waals surface area contributed by atoms with Gasteiger partial charge in [-0.2, -0.15) is 5.10 Å². The minimum atomic E-state index is -0.176. The second kappa shape index (κ2) is 7.25. The zero-order valence-electron chi connectivity index (χ0n) is 14.8. The van der Waals surface area contributed by atoms with E-state index >= 15 is 0 Å². The number of aromatic amines is 1.